The van der Waals surface area contributed by atoms with Gasteiger partial charge in [-0.2, -0.15) is 0 Å². The van der Waals surface area contributed by atoms with E-state index in [-0.39, 0.29) is 46.1 Å². The van der Waals surface area contributed by atoms with Gasteiger partial charge in [0, 0.05) is 36.4 Å². The summed E-state index contributed by atoms with van der Waals surface area (Å²) in [5, 5.41) is 4.09. The van der Waals surface area contributed by atoms with Crippen molar-refractivity contribution >= 4 is 39.7 Å². The van der Waals surface area contributed by atoms with Crippen LogP contribution < -0.4 is 21.3 Å². The van der Waals surface area contributed by atoms with Gasteiger partial charge in [-0.3, -0.25) is 4.79 Å². The standard InChI is InChI=1S/C26H18ClF2N5O2/c27-23-21(8-11-31-24(23)30)36-20-6-5-18(13-19(20)29)33-25-22-16(7-10-32-25)9-12-34(26(22)35)14-15-1-3-17(28)4-2-15/h1-13H,14H2,(H2,30,31)(H,32,33). The highest BCUT2D eigenvalue weighted by atomic mass is 35.5. The quantitative estimate of drug-likeness (QED) is 0.299. The topological polar surface area (TPSA) is 95.1 Å². The maximum Gasteiger partial charge on any atom is 0.262 e. The second-order valence-corrected chi connectivity index (χ2v) is 8.26. The molecule has 5 rings (SSSR count). The first kappa shape index (κ1) is 23.3. The summed E-state index contributed by atoms with van der Waals surface area (Å²) in [6, 6.07) is 15.1. The average Bonchev–Trinajstić information content (AvgIpc) is 2.86. The first-order valence-electron chi connectivity index (χ1n) is 10.8. The molecule has 0 aliphatic rings. The first-order chi connectivity index (χ1) is 17.4. The van der Waals surface area contributed by atoms with Crippen LogP contribution in [0.4, 0.5) is 26.1 Å². The van der Waals surface area contributed by atoms with Gasteiger partial charge in [0.05, 0.1) is 11.9 Å². The molecule has 0 saturated heterocycles. The highest BCUT2D eigenvalue weighted by Gasteiger charge is 2.14. The molecular weight excluding hydrogens is 488 g/mol. The molecular formula is C26H18ClF2N5O2. The predicted octanol–water partition coefficient (Wildman–Crippen LogP) is 5.89. The molecule has 5 aromatic rings. The van der Waals surface area contributed by atoms with E-state index < -0.39 is 5.82 Å². The molecule has 180 valence electrons. The minimum Gasteiger partial charge on any atom is -0.453 e. The van der Waals surface area contributed by atoms with Gasteiger partial charge in [-0.15, -0.1) is 0 Å². The lowest BCUT2D eigenvalue weighted by molar-refractivity contribution is 0.442. The van der Waals surface area contributed by atoms with Gasteiger partial charge in [0.15, 0.2) is 17.3 Å². The summed E-state index contributed by atoms with van der Waals surface area (Å²) < 4.78 is 35.1. The van der Waals surface area contributed by atoms with Crippen LogP contribution in [0.5, 0.6) is 11.5 Å². The summed E-state index contributed by atoms with van der Waals surface area (Å²) in [4.78, 5) is 21.4. The molecule has 0 aliphatic heterocycles. The number of benzene rings is 2. The van der Waals surface area contributed by atoms with E-state index in [0.717, 1.165) is 5.56 Å². The monoisotopic (exact) mass is 505 g/mol. The van der Waals surface area contributed by atoms with Gasteiger partial charge in [-0.25, -0.2) is 18.7 Å². The number of hydrogen-bond acceptors (Lipinski definition) is 6. The van der Waals surface area contributed by atoms with Gasteiger partial charge in [0.1, 0.15) is 22.5 Å². The van der Waals surface area contributed by atoms with Crippen molar-refractivity contribution in [3.05, 3.63) is 112 Å². The van der Waals surface area contributed by atoms with Crippen molar-refractivity contribution in [1.82, 2.24) is 14.5 Å². The Morgan fingerprint density at radius 2 is 1.75 bits per heavy atom. The normalized spacial score (nSPS) is 11.0. The van der Waals surface area contributed by atoms with Crippen LogP contribution in [-0.2, 0) is 6.54 Å². The number of nitrogens with one attached hydrogen (secondary N) is 1. The van der Waals surface area contributed by atoms with E-state index in [9.17, 15) is 13.6 Å². The van der Waals surface area contributed by atoms with Crippen LogP contribution in [0, 0.1) is 11.6 Å². The lowest BCUT2D eigenvalue weighted by Gasteiger charge is -2.13. The number of nitrogen functional groups attached to an aromatic ring is 1. The van der Waals surface area contributed by atoms with E-state index in [1.807, 2.05) is 0 Å². The summed E-state index contributed by atoms with van der Waals surface area (Å²) in [7, 11) is 0. The van der Waals surface area contributed by atoms with Crippen molar-refractivity contribution < 1.29 is 13.5 Å². The van der Waals surface area contributed by atoms with E-state index in [4.69, 9.17) is 22.1 Å². The van der Waals surface area contributed by atoms with E-state index in [2.05, 4.69) is 15.3 Å². The third-order valence-corrected chi connectivity index (χ3v) is 5.83. The summed E-state index contributed by atoms with van der Waals surface area (Å²) >= 11 is 6.07. The van der Waals surface area contributed by atoms with Crippen LogP contribution in [0.25, 0.3) is 10.8 Å². The first-order valence-corrected chi connectivity index (χ1v) is 11.1. The zero-order chi connectivity index (χ0) is 25.2. The summed E-state index contributed by atoms with van der Waals surface area (Å²) in [6.07, 6.45) is 4.62. The number of hydrogen-bond donors (Lipinski definition) is 2. The molecule has 0 radical (unpaired) electrons. The van der Waals surface area contributed by atoms with E-state index in [0.29, 0.717) is 16.5 Å². The van der Waals surface area contributed by atoms with Crippen LogP contribution in [0.15, 0.2) is 84.0 Å². The van der Waals surface area contributed by atoms with Gasteiger partial charge in [-0.05, 0) is 47.3 Å². The fourth-order valence-corrected chi connectivity index (χ4v) is 3.81. The lowest BCUT2D eigenvalue weighted by atomic mass is 10.2. The van der Waals surface area contributed by atoms with Crippen LogP contribution in [0.3, 0.4) is 0 Å². The molecule has 2 aromatic carbocycles. The lowest BCUT2D eigenvalue weighted by Crippen LogP contribution is -2.21. The molecule has 0 bridgehead atoms. The third kappa shape index (κ3) is 4.69. The Bertz CT molecular complexity index is 1640. The molecule has 7 nitrogen and oxygen atoms in total. The number of nitrogens with two attached hydrogens (primary N) is 1. The predicted molar refractivity (Wildman–Crippen MR) is 135 cm³/mol. The Hall–Kier alpha value is -4.50. The van der Waals surface area contributed by atoms with Crippen molar-refractivity contribution in [1.29, 1.82) is 0 Å². The van der Waals surface area contributed by atoms with Crippen LogP contribution >= 0.6 is 11.6 Å². The molecule has 3 N–H and O–H groups in total. The van der Waals surface area contributed by atoms with Crippen LogP contribution in [0.2, 0.25) is 5.02 Å². The molecule has 10 heteroatoms. The Morgan fingerprint density at radius 3 is 2.53 bits per heavy atom. The minimum absolute atomic E-state index is 0.0689. The smallest absolute Gasteiger partial charge is 0.262 e. The van der Waals surface area contributed by atoms with Gasteiger partial charge in [0.25, 0.3) is 5.56 Å². The van der Waals surface area contributed by atoms with Crippen molar-refractivity contribution in [3.8, 4) is 11.5 Å². The van der Waals surface area contributed by atoms with Crippen LogP contribution in [0.1, 0.15) is 5.56 Å². The van der Waals surface area contributed by atoms with Gasteiger partial charge < -0.3 is 20.4 Å². The number of halogens is 3. The number of nitrogens with zero attached hydrogens (tertiary/aromatic N) is 3. The van der Waals surface area contributed by atoms with Gasteiger partial charge >= 0.3 is 0 Å². The Balaban J connectivity index is 1.44. The number of rotatable bonds is 6. The van der Waals surface area contributed by atoms with Crippen molar-refractivity contribution in [2.75, 3.05) is 11.1 Å². The van der Waals surface area contributed by atoms with E-state index >= 15 is 0 Å². The number of pyridine rings is 3. The molecule has 36 heavy (non-hydrogen) atoms. The summed E-state index contributed by atoms with van der Waals surface area (Å²) in [5.41, 5.74) is 6.49. The molecule has 3 aromatic heterocycles. The molecule has 3 heterocycles. The number of fused-ring (bicyclic) bond motifs is 1. The molecule has 0 aliphatic carbocycles. The number of aromatic nitrogens is 3. The van der Waals surface area contributed by atoms with Crippen LogP contribution in [-0.4, -0.2) is 14.5 Å². The molecule has 0 unspecified atom stereocenters. The third-order valence-electron chi connectivity index (χ3n) is 5.45. The number of ether oxygens (including phenoxy) is 1. The van der Waals surface area contributed by atoms with Crippen molar-refractivity contribution in [2.45, 2.75) is 6.54 Å². The van der Waals surface area contributed by atoms with Crippen molar-refractivity contribution in [2.24, 2.45) is 0 Å². The Kier molecular flexibility index (Phi) is 6.22. The molecule has 0 spiro atoms. The molecule has 0 amide bonds. The second-order valence-electron chi connectivity index (χ2n) is 7.88. The average molecular weight is 506 g/mol. The molecule has 0 fully saturated rings. The highest BCUT2D eigenvalue weighted by molar-refractivity contribution is 6.34. The zero-order valence-corrected chi connectivity index (χ0v) is 19.3. The second kappa shape index (κ2) is 9.63. The van der Waals surface area contributed by atoms with Crippen molar-refractivity contribution in [3.63, 3.8) is 0 Å². The van der Waals surface area contributed by atoms with E-state index in [1.165, 1.54) is 41.1 Å². The Labute approximate surface area is 208 Å². The summed E-state index contributed by atoms with van der Waals surface area (Å²) in [6.45, 7) is 0.256. The van der Waals surface area contributed by atoms with Gasteiger partial charge in [0.2, 0.25) is 0 Å². The maximum absolute atomic E-state index is 14.8. The largest absolute Gasteiger partial charge is 0.453 e. The SMILES string of the molecule is Nc1nccc(Oc2ccc(Nc3nccc4ccn(Cc5ccc(F)cc5)c(=O)c34)cc2F)c1Cl. The highest BCUT2D eigenvalue weighted by Crippen LogP contribution is 2.34. The molecule has 0 saturated carbocycles. The maximum atomic E-state index is 14.8. The fourth-order valence-electron chi connectivity index (χ4n) is 3.66. The Morgan fingerprint density at radius 1 is 0.972 bits per heavy atom. The molecule has 0 atom stereocenters. The minimum atomic E-state index is -0.666. The van der Waals surface area contributed by atoms with E-state index in [1.54, 1.807) is 42.7 Å². The fraction of sp³-hybridized carbons (Fsp3) is 0.0385. The van der Waals surface area contributed by atoms with Gasteiger partial charge in [-0.1, -0.05) is 23.7 Å². The zero-order valence-electron chi connectivity index (χ0n) is 18.6. The number of anilines is 3. The summed E-state index contributed by atoms with van der Waals surface area (Å²) in [5.74, 6) is -0.580.